The Bertz CT molecular complexity index is 418. The molecule has 0 aliphatic carbocycles. The van der Waals surface area contributed by atoms with Gasteiger partial charge in [0.25, 0.3) is 0 Å². The highest BCUT2D eigenvalue weighted by Gasteiger charge is 1.99. The Hall–Kier alpha value is -1.62. The molecule has 0 heterocycles. The number of guanidine groups is 1. The summed E-state index contributed by atoms with van der Waals surface area (Å²) in [6.07, 6.45) is 2.05. The van der Waals surface area contributed by atoms with Gasteiger partial charge in [-0.05, 0) is 44.4 Å². The van der Waals surface area contributed by atoms with E-state index in [4.69, 9.17) is 4.74 Å². The molecule has 0 aromatic heterocycles. The first-order valence-electron chi connectivity index (χ1n) is 7.42. The molecule has 0 saturated carbocycles. The molecule has 0 atom stereocenters. The zero-order valence-corrected chi connectivity index (χ0v) is 13.2. The molecular formula is C16H26FN3O. The second kappa shape index (κ2) is 10.2. The van der Waals surface area contributed by atoms with Gasteiger partial charge < -0.3 is 15.4 Å². The van der Waals surface area contributed by atoms with Crippen molar-refractivity contribution in [1.82, 2.24) is 10.6 Å². The summed E-state index contributed by atoms with van der Waals surface area (Å²) in [6, 6.07) is 6.57. The van der Waals surface area contributed by atoms with Crippen LogP contribution in [0.2, 0.25) is 0 Å². The third-order valence-corrected chi connectivity index (χ3v) is 2.91. The second-order valence-corrected chi connectivity index (χ2v) is 5.08. The van der Waals surface area contributed by atoms with Crippen molar-refractivity contribution in [2.24, 2.45) is 4.99 Å². The quantitative estimate of drug-likeness (QED) is 0.440. The molecule has 118 valence electrons. The lowest BCUT2D eigenvalue weighted by Gasteiger charge is -2.12. The summed E-state index contributed by atoms with van der Waals surface area (Å²) in [6.45, 7) is 6.39. The molecule has 5 heteroatoms. The second-order valence-electron chi connectivity index (χ2n) is 5.08. The third kappa shape index (κ3) is 8.30. The first kappa shape index (κ1) is 17.4. The number of nitrogens with one attached hydrogen (secondary N) is 2. The molecule has 0 saturated heterocycles. The minimum atomic E-state index is -0.201. The predicted octanol–water partition coefficient (Wildman–Crippen LogP) is 2.35. The lowest BCUT2D eigenvalue weighted by molar-refractivity contribution is 0.0776. The SMILES string of the molecule is CN=C(NCCCOC(C)C)NCCc1ccc(F)cc1. The van der Waals surface area contributed by atoms with E-state index >= 15 is 0 Å². The number of rotatable bonds is 8. The molecule has 1 aromatic carbocycles. The fourth-order valence-corrected chi connectivity index (χ4v) is 1.79. The number of hydrogen-bond acceptors (Lipinski definition) is 2. The standard InChI is InChI=1S/C16H26FN3O/c1-13(2)21-12-4-10-19-16(18-3)20-11-9-14-5-7-15(17)8-6-14/h5-8,13H,4,9-12H2,1-3H3,(H2,18,19,20). The smallest absolute Gasteiger partial charge is 0.190 e. The molecule has 2 N–H and O–H groups in total. The van der Waals surface area contributed by atoms with Crippen molar-refractivity contribution in [3.05, 3.63) is 35.6 Å². The van der Waals surface area contributed by atoms with Crippen LogP contribution < -0.4 is 10.6 Å². The number of benzene rings is 1. The molecule has 0 amide bonds. The van der Waals surface area contributed by atoms with Crippen molar-refractivity contribution in [1.29, 1.82) is 0 Å². The lowest BCUT2D eigenvalue weighted by Crippen LogP contribution is -2.39. The van der Waals surface area contributed by atoms with E-state index in [1.54, 1.807) is 19.2 Å². The van der Waals surface area contributed by atoms with E-state index in [1.807, 2.05) is 13.8 Å². The molecule has 0 aliphatic rings. The number of aliphatic imine (C=N–C) groups is 1. The molecule has 1 rings (SSSR count). The van der Waals surface area contributed by atoms with Crippen LogP contribution in [0.5, 0.6) is 0 Å². The maximum atomic E-state index is 12.8. The normalized spacial score (nSPS) is 11.8. The lowest BCUT2D eigenvalue weighted by atomic mass is 10.1. The van der Waals surface area contributed by atoms with Gasteiger partial charge in [-0.3, -0.25) is 4.99 Å². The molecule has 0 radical (unpaired) electrons. The van der Waals surface area contributed by atoms with E-state index in [0.29, 0.717) is 0 Å². The molecule has 0 aliphatic heterocycles. The number of nitrogens with zero attached hydrogens (tertiary/aromatic N) is 1. The van der Waals surface area contributed by atoms with Crippen molar-refractivity contribution in [2.75, 3.05) is 26.7 Å². The topological polar surface area (TPSA) is 45.7 Å². The van der Waals surface area contributed by atoms with Gasteiger partial charge in [0.2, 0.25) is 0 Å². The average molecular weight is 295 g/mol. The predicted molar refractivity (Wildman–Crippen MR) is 85.2 cm³/mol. The van der Waals surface area contributed by atoms with E-state index in [0.717, 1.165) is 44.1 Å². The molecule has 0 unspecified atom stereocenters. The minimum absolute atomic E-state index is 0.201. The summed E-state index contributed by atoms with van der Waals surface area (Å²) >= 11 is 0. The molecule has 0 bridgehead atoms. The number of ether oxygens (including phenoxy) is 1. The van der Waals surface area contributed by atoms with Crippen LogP contribution in [0.15, 0.2) is 29.3 Å². The van der Waals surface area contributed by atoms with Crippen molar-refractivity contribution in [3.8, 4) is 0 Å². The van der Waals surface area contributed by atoms with E-state index in [9.17, 15) is 4.39 Å². The van der Waals surface area contributed by atoms with Gasteiger partial charge in [-0.15, -0.1) is 0 Å². The van der Waals surface area contributed by atoms with E-state index in [-0.39, 0.29) is 11.9 Å². The highest BCUT2D eigenvalue weighted by atomic mass is 19.1. The van der Waals surface area contributed by atoms with Crippen LogP contribution >= 0.6 is 0 Å². The number of halogens is 1. The summed E-state index contributed by atoms with van der Waals surface area (Å²) < 4.78 is 18.3. The largest absolute Gasteiger partial charge is 0.379 e. The summed E-state index contributed by atoms with van der Waals surface area (Å²) in [5.41, 5.74) is 1.10. The Labute approximate surface area is 126 Å². The van der Waals surface area contributed by atoms with Gasteiger partial charge in [-0.2, -0.15) is 0 Å². The molecular weight excluding hydrogens is 269 g/mol. The summed E-state index contributed by atoms with van der Waals surface area (Å²) in [5, 5.41) is 6.47. The van der Waals surface area contributed by atoms with E-state index < -0.39 is 0 Å². The van der Waals surface area contributed by atoms with Gasteiger partial charge in [0.15, 0.2) is 5.96 Å². The van der Waals surface area contributed by atoms with Crippen LogP contribution in [0.1, 0.15) is 25.8 Å². The minimum Gasteiger partial charge on any atom is -0.379 e. The Morgan fingerprint density at radius 1 is 1.19 bits per heavy atom. The van der Waals surface area contributed by atoms with Crippen molar-refractivity contribution < 1.29 is 9.13 Å². The van der Waals surface area contributed by atoms with Crippen LogP contribution in [-0.4, -0.2) is 38.8 Å². The molecule has 0 fully saturated rings. The Morgan fingerprint density at radius 3 is 2.48 bits per heavy atom. The zero-order valence-electron chi connectivity index (χ0n) is 13.2. The fraction of sp³-hybridized carbons (Fsp3) is 0.562. The fourth-order valence-electron chi connectivity index (χ4n) is 1.79. The monoisotopic (exact) mass is 295 g/mol. The highest BCUT2D eigenvalue weighted by Crippen LogP contribution is 2.02. The highest BCUT2D eigenvalue weighted by molar-refractivity contribution is 5.79. The number of hydrogen-bond donors (Lipinski definition) is 2. The zero-order chi connectivity index (χ0) is 15.5. The maximum Gasteiger partial charge on any atom is 0.190 e. The van der Waals surface area contributed by atoms with Gasteiger partial charge in [0, 0.05) is 26.7 Å². The van der Waals surface area contributed by atoms with E-state index in [2.05, 4.69) is 15.6 Å². The van der Waals surface area contributed by atoms with Crippen LogP contribution in [0.4, 0.5) is 4.39 Å². The van der Waals surface area contributed by atoms with Gasteiger partial charge in [-0.1, -0.05) is 12.1 Å². The van der Waals surface area contributed by atoms with Crippen LogP contribution in [0, 0.1) is 5.82 Å². The first-order valence-corrected chi connectivity index (χ1v) is 7.42. The molecule has 1 aromatic rings. The maximum absolute atomic E-state index is 12.8. The Balaban J connectivity index is 2.15. The van der Waals surface area contributed by atoms with Crippen LogP contribution in [0.25, 0.3) is 0 Å². The van der Waals surface area contributed by atoms with Gasteiger partial charge in [-0.25, -0.2) is 4.39 Å². The third-order valence-electron chi connectivity index (χ3n) is 2.91. The summed E-state index contributed by atoms with van der Waals surface area (Å²) in [5.74, 6) is 0.578. The van der Waals surface area contributed by atoms with Crippen molar-refractivity contribution in [2.45, 2.75) is 32.8 Å². The van der Waals surface area contributed by atoms with Crippen LogP contribution in [0.3, 0.4) is 0 Å². The molecule has 0 spiro atoms. The van der Waals surface area contributed by atoms with Crippen molar-refractivity contribution in [3.63, 3.8) is 0 Å². The summed E-state index contributed by atoms with van der Waals surface area (Å²) in [7, 11) is 1.75. The van der Waals surface area contributed by atoms with E-state index in [1.165, 1.54) is 12.1 Å². The van der Waals surface area contributed by atoms with Crippen LogP contribution in [-0.2, 0) is 11.2 Å². The molecule has 4 nitrogen and oxygen atoms in total. The first-order chi connectivity index (χ1) is 10.1. The van der Waals surface area contributed by atoms with Gasteiger partial charge in [0.1, 0.15) is 5.82 Å². The van der Waals surface area contributed by atoms with Crippen molar-refractivity contribution >= 4 is 5.96 Å². The average Bonchev–Trinajstić information content (AvgIpc) is 2.46. The Kier molecular flexibility index (Phi) is 8.43. The summed E-state index contributed by atoms with van der Waals surface area (Å²) in [4.78, 5) is 4.16. The molecule has 21 heavy (non-hydrogen) atoms. The Morgan fingerprint density at radius 2 is 1.86 bits per heavy atom. The van der Waals surface area contributed by atoms with Gasteiger partial charge >= 0.3 is 0 Å². The van der Waals surface area contributed by atoms with Gasteiger partial charge in [0.05, 0.1) is 6.10 Å².